The summed E-state index contributed by atoms with van der Waals surface area (Å²) in [5.74, 6) is 6.01. The molecule has 0 bridgehead atoms. The first-order valence-corrected chi connectivity index (χ1v) is 6.72. The van der Waals surface area contributed by atoms with Crippen LogP contribution in [0.3, 0.4) is 0 Å². The molecule has 0 saturated carbocycles. The molecule has 2 aromatic rings. The maximum absolute atomic E-state index is 3.42. The molecule has 96 valence electrons. The van der Waals surface area contributed by atoms with E-state index < -0.39 is 0 Å². The molecule has 0 spiro atoms. The monoisotopic (exact) mass is 249 g/mol. The highest BCUT2D eigenvalue weighted by molar-refractivity contribution is 5.85. The largest absolute Gasteiger partial charge is 0.309 e. The van der Waals surface area contributed by atoms with Gasteiger partial charge in [-0.1, -0.05) is 67.3 Å². The smallest absolute Gasteiger partial charge is 0.0214 e. The molecule has 0 unspecified atom stereocenters. The highest BCUT2D eigenvalue weighted by Gasteiger charge is 1.98. The van der Waals surface area contributed by atoms with Gasteiger partial charge in [-0.2, -0.15) is 0 Å². The van der Waals surface area contributed by atoms with E-state index in [1.807, 2.05) is 6.08 Å². The Labute approximate surface area is 115 Å². The molecular weight excluding hydrogens is 230 g/mol. The van der Waals surface area contributed by atoms with Crippen molar-refractivity contribution in [2.75, 3.05) is 6.54 Å². The Bertz CT molecular complexity index is 609. The van der Waals surface area contributed by atoms with Crippen molar-refractivity contribution in [3.05, 3.63) is 60.2 Å². The molecule has 0 amide bonds. The lowest BCUT2D eigenvalue weighted by atomic mass is 10.0. The van der Waals surface area contributed by atoms with Crippen LogP contribution in [0, 0.1) is 11.8 Å². The van der Waals surface area contributed by atoms with Crippen molar-refractivity contribution in [1.82, 2.24) is 5.32 Å². The third-order valence-electron chi connectivity index (χ3n) is 2.94. The van der Waals surface area contributed by atoms with Gasteiger partial charge in [-0.15, -0.1) is 0 Å². The fourth-order valence-corrected chi connectivity index (χ4v) is 2.02. The van der Waals surface area contributed by atoms with E-state index in [4.69, 9.17) is 0 Å². The van der Waals surface area contributed by atoms with Crippen molar-refractivity contribution in [3.8, 4) is 11.8 Å². The van der Waals surface area contributed by atoms with Crippen LogP contribution in [-0.2, 0) is 6.54 Å². The normalized spacial score (nSPS) is 10.6. The fourth-order valence-electron chi connectivity index (χ4n) is 2.02. The van der Waals surface area contributed by atoms with Gasteiger partial charge in [-0.3, -0.25) is 0 Å². The number of fused-ring (bicyclic) bond motifs is 1. The Morgan fingerprint density at radius 3 is 2.84 bits per heavy atom. The Balaban J connectivity index is 1.93. The van der Waals surface area contributed by atoms with Crippen LogP contribution in [-0.4, -0.2) is 6.54 Å². The number of nitrogens with one attached hydrogen (secondary N) is 1. The Hall–Kier alpha value is -2.04. The summed E-state index contributed by atoms with van der Waals surface area (Å²) in [6.45, 7) is 3.79. The second kappa shape index (κ2) is 7.41. The van der Waals surface area contributed by atoms with Crippen molar-refractivity contribution < 1.29 is 0 Å². The van der Waals surface area contributed by atoms with E-state index in [1.54, 1.807) is 0 Å². The van der Waals surface area contributed by atoms with Gasteiger partial charge in [-0.25, -0.2) is 0 Å². The van der Waals surface area contributed by atoms with E-state index >= 15 is 0 Å². The van der Waals surface area contributed by atoms with Crippen LogP contribution >= 0.6 is 0 Å². The van der Waals surface area contributed by atoms with Crippen molar-refractivity contribution >= 4 is 10.8 Å². The maximum Gasteiger partial charge on any atom is 0.0214 e. The van der Waals surface area contributed by atoms with Gasteiger partial charge in [0.15, 0.2) is 0 Å². The lowest BCUT2D eigenvalue weighted by molar-refractivity contribution is 0.764. The molecule has 0 aliphatic rings. The summed E-state index contributed by atoms with van der Waals surface area (Å²) in [5, 5.41) is 6.04. The minimum atomic E-state index is 0.849. The quantitative estimate of drug-likeness (QED) is 0.640. The number of allylic oxidation sites excluding steroid dienone is 1. The second-order valence-electron chi connectivity index (χ2n) is 4.35. The van der Waals surface area contributed by atoms with E-state index in [0.29, 0.717) is 0 Å². The van der Waals surface area contributed by atoms with Crippen LogP contribution in [0.5, 0.6) is 0 Å². The standard InChI is InChI=1S/C18H19N/c1-2-3-4-5-8-14-19-15-17-12-9-11-16-10-6-7-13-18(16)17/h5-13,19H,2,14-15H2,1H3. The van der Waals surface area contributed by atoms with Gasteiger partial charge in [0.05, 0.1) is 0 Å². The zero-order valence-electron chi connectivity index (χ0n) is 11.3. The summed E-state index contributed by atoms with van der Waals surface area (Å²) in [6, 6.07) is 14.9. The molecule has 2 rings (SSSR count). The van der Waals surface area contributed by atoms with Gasteiger partial charge in [0.1, 0.15) is 0 Å². The molecule has 0 heterocycles. The highest BCUT2D eigenvalue weighted by atomic mass is 14.8. The first-order chi connectivity index (χ1) is 9.42. The van der Waals surface area contributed by atoms with Crippen LogP contribution in [0.4, 0.5) is 0 Å². The third-order valence-corrected chi connectivity index (χ3v) is 2.94. The van der Waals surface area contributed by atoms with Crippen molar-refractivity contribution in [2.24, 2.45) is 0 Å². The predicted octanol–water partition coefficient (Wildman–Crippen LogP) is 3.90. The lowest BCUT2D eigenvalue weighted by Gasteiger charge is -2.06. The van der Waals surface area contributed by atoms with Crippen LogP contribution in [0.2, 0.25) is 0 Å². The second-order valence-corrected chi connectivity index (χ2v) is 4.35. The highest BCUT2D eigenvalue weighted by Crippen LogP contribution is 2.17. The Morgan fingerprint density at radius 2 is 1.95 bits per heavy atom. The minimum Gasteiger partial charge on any atom is -0.309 e. The Morgan fingerprint density at radius 1 is 1.11 bits per heavy atom. The molecule has 2 aromatic carbocycles. The molecule has 1 N–H and O–H groups in total. The van der Waals surface area contributed by atoms with Gasteiger partial charge in [-0.05, 0) is 22.4 Å². The summed E-state index contributed by atoms with van der Waals surface area (Å²) in [7, 11) is 0. The van der Waals surface area contributed by atoms with E-state index in [2.05, 4.69) is 72.6 Å². The molecule has 1 nitrogen and oxygen atoms in total. The first kappa shape index (κ1) is 13.4. The lowest BCUT2D eigenvalue weighted by Crippen LogP contribution is -2.12. The molecular formula is C18H19N. The molecule has 1 heteroatoms. The predicted molar refractivity (Wildman–Crippen MR) is 82.9 cm³/mol. The number of hydrogen-bond donors (Lipinski definition) is 1. The van der Waals surface area contributed by atoms with Crippen molar-refractivity contribution in [2.45, 2.75) is 19.9 Å². The topological polar surface area (TPSA) is 12.0 Å². The molecule has 0 aliphatic heterocycles. The van der Waals surface area contributed by atoms with Crippen LogP contribution in [0.15, 0.2) is 54.6 Å². The van der Waals surface area contributed by atoms with Crippen LogP contribution < -0.4 is 5.32 Å². The summed E-state index contributed by atoms with van der Waals surface area (Å²) in [4.78, 5) is 0. The number of benzene rings is 2. The third kappa shape index (κ3) is 3.98. The summed E-state index contributed by atoms with van der Waals surface area (Å²) in [5.41, 5.74) is 1.34. The van der Waals surface area contributed by atoms with E-state index in [1.165, 1.54) is 16.3 Å². The summed E-state index contributed by atoms with van der Waals surface area (Å²) >= 11 is 0. The summed E-state index contributed by atoms with van der Waals surface area (Å²) < 4.78 is 0. The zero-order chi connectivity index (χ0) is 13.3. The van der Waals surface area contributed by atoms with Gasteiger partial charge in [0, 0.05) is 19.5 Å². The number of rotatable bonds is 4. The first-order valence-electron chi connectivity index (χ1n) is 6.72. The number of hydrogen-bond acceptors (Lipinski definition) is 1. The summed E-state index contributed by atoms with van der Waals surface area (Å²) in [6.07, 6.45) is 4.89. The molecule has 0 radical (unpaired) electrons. The van der Waals surface area contributed by atoms with E-state index in [-0.39, 0.29) is 0 Å². The zero-order valence-corrected chi connectivity index (χ0v) is 11.3. The van der Waals surface area contributed by atoms with Gasteiger partial charge < -0.3 is 5.32 Å². The van der Waals surface area contributed by atoms with Gasteiger partial charge >= 0.3 is 0 Å². The fraction of sp³-hybridized carbons (Fsp3) is 0.222. The molecule has 0 aromatic heterocycles. The minimum absolute atomic E-state index is 0.849. The maximum atomic E-state index is 3.42. The molecule has 0 fully saturated rings. The molecule has 0 saturated heterocycles. The van der Waals surface area contributed by atoms with Crippen LogP contribution in [0.1, 0.15) is 18.9 Å². The molecule has 0 aliphatic carbocycles. The average Bonchev–Trinajstić information content (AvgIpc) is 2.46. The van der Waals surface area contributed by atoms with Gasteiger partial charge in [0.2, 0.25) is 0 Å². The van der Waals surface area contributed by atoms with E-state index in [9.17, 15) is 0 Å². The molecule has 0 atom stereocenters. The molecule has 19 heavy (non-hydrogen) atoms. The SMILES string of the molecule is CCC#CC=CCNCc1cccc2ccccc12. The van der Waals surface area contributed by atoms with E-state index in [0.717, 1.165) is 19.5 Å². The average molecular weight is 249 g/mol. The van der Waals surface area contributed by atoms with Crippen molar-refractivity contribution in [1.29, 1.82) is 0 Å². The van der Waals surface area contributed by atoms with Gasteiger partial charge in [0.25, 0.3) is 0 Å². The van der Waals surface area contributed by atoms with Crippen LogP contribution in [0.25, 0.3) is 10.8 Å². The Kier molecular flexibility index (Phi) is 5.22. The van der Waals surface area contributed by atoms with Crippen molar-refractivity contribution in [3.63, 3.8) is 0 Å².